The van der Waals surface area contributed by atoms with E-state index in [-0.39, 0.29) is 12.1 Å². The Hall–Kier alpha value is -3.02. The highest BCUT2D eigenvalue weighted by molar-refractivity contribution is 5.83. The molecule has 4 bridgehead atoms. The molecule has 26 heavy (non-hydrogen) atoms. The summed E-state index contributed by atoms with van der Waals surface area (Å²) in [5.74, 6) is 0. The lowest BCUT2D eigenvalue weighted by Crippen LogP contribution is -2.07. The van der Waals surface area contributed by atoms with E-state index in [0.29, 0.717) is 13.1 Å². The quantitative estimate of drug-likeness (QED) is 0.735. The summed E-state index contributed by atoms with van der Waals surface area (Å²) in [4.78, 5) is 27.0. The molecule has 6 heteroatoms. The van der Waals surface area contributed by atoms with Crippen LogP contribution in [0.1, 0.15) is 36.6 Å². The molecular formula is C20H22N6. The minimum atomic E-state index is 0.0647. The van der Waals surface area contributed by atoms with Gasteiger partial charge in [-0.3, -0.25) is 20.0 Å². The lowest BCUT2D eigenvalue weighted by Gasteiger charge is -2.04. The van der Waals surface area contributed by atoms with E-state index in [1.165, 1.54) is 0 Å². The molecule has 0 fully saturated rings. The first-order valence-corrected chi connectivity index (χ1v) is 8.69. The molecule has 3 heterocycles. The summed E-state index contributed by atoms with van der Waals surface area (Å²) >= 11 is 0. The first-order valence-electron chi connectivity index (χ1n) is 8.69. The van der Waals surface area contributed by atoms with Gasteiger partial charge in [-0.25, -0.2) is 9.97 Å². The van der Waals surface area contributed by atoms with E-state index in [1.54, 1.807) is 24.9 Å². The fourth-order valence-electron chi connectivity index (χ4n) is 2.32. The van der Waals surface area contributed by atoms with Crippen molar-refractivity contribution in [1.82, 2.24) is 9.97 Å². The standard InChI is InChI=1S/C20H22N6/c1-15-9-21-11-17-5-4-8-20(26-17)14-24-16(2)10-22-12-18-6-3-7-19(25-18)13-23-15/h3-8,11-16H,9-10H2,1-2H3/t15-,16+. The third-order valence-electron chi connectivity index (χ3n) is 3.69. The number of hydrogen-bond donors (Lipinski definition) is 0. The van der Waals surface area contributed by atoms with Crippen LogP contribution in [-0.4, -0.2) is 60.0 Å². The van der Waals surface area contributed by atoms with Crippen LogP contribution in [-0.2, 0) is 0 Å². The number of pyridine rings is 2. The van der Waals surface area contributed by atoms with Gasteiger partial charge in [-0.2, -0.15) is 0 Å². The Morgan fingerprint density at radius 1 is 0.615 bits per heavy atom. The van der Waals surface area contributed by atoms with Crippen LogP contribution < -0.4 is 0 Å². The van der Waals surface area contributed by atoms with Gasteiger partial charge in [0.25, 0.3) is 0 Å². The van der Waals surface area contributed by atoms with Crippen molar-refractivity contribution in [3.8, 4) is 0 Å². The number of fused-ring (bicyclic) bond motifs is 4. The molecule has 0 aliphatic carbocycles. The fourth-order valence-corrected chi connectivity index (χ4v) is 2.32. The summed E-state index contributed by atoms with van der Waals surface area (Å²) in [5, 5.41) is 0. The van der Waals surface area contributed by atoms with Crippen molar-refractivity contribution >= 4 is 24.9 Å². The Labute approximate surface area is 153 Å². The van der Waals surface area contributed by atoms with Gasteiger partial charge in [0, 0.05) is 24.9 Å². The zero-order chi connectivity index (χ0) is 18.2. The molecule has 1 aliphatic heterocycles. The van der Waals surface area contributed by atoms with E-state index in [0.717, 1.165) is 22.8 Å². The van der Waals surface area contributed by atoms with Gasteiger partial charge < -0.3 is 0 Å². The summed E-state index contributed by atoms with van der Waals surface area (Å²) in [7, 11) is 0. The normalized spacial score (nSPS) is 20.5. The minimum absolute atomic E-state index is 0.0647. The maximum atomic E-state index is 4.53. The van der Waals surface area contributed by atoms with Crippen molar-refractivity contribution in [2.75, 3.05) is 13.1 Å². The lowest BCUT2D eigenvalue weighted by molar-refractivity contribution is 0.759. The number of hydrogen-bond acceptors (Lipinski definition) is 6. The molecule has 6 nitrogen and oxygen atoms in total. The van der Waals surface area contributed by atoms with Crippen LogP contribution in [0, 0.1) is 0 Å². The van der Waals surface area contributed by atoms with E-state index in [4.69, 9.17) is 0 Å². The molecule has 132 valence electrons. The Morgan fingerprint density at radius 3 is 1.42 bits per heavy atom. The molecule has 0 unspecified atom stereocenters. The van der Waals surface area contributed by atoms with Crippen molar-refractivity contribution < 1.29 is 0 Å². The highest BCUT2D eigenvalue weighted by atomic mass is 14.9. The van der Waals surface area contributed by atoms with Crippen LogP contribution in [0.2, 0.25) is 0 Å². The molecular weight excluding hydrogens is 324 g/mol. The highest BCUT2D eigenvalue weighted by Gasteiger charge is 2.00. The van der Waals surface area contributed by atoms with Gasteiger partial charge in [0.1, 0.15) is 0 Å². The Balaban J connectivity index is 1.87. The Morgan fingerprint density at radius 2 is 1.00 bits per heavy atom. The smallest absolute Gasteiger partial charge is 0.0815 e. The van der Waals surface area contributed by atoms with Gasteiger partial charge >= 0.3 is 0 Å². The van der Waals surface area contributed by atoms with Gasteiger partial charge in [-0.15, -0.1) is 0 Å². The van der Waals surface area contributed by atoms with Crippen molar-refractivity contribution in [1.29, 1.82) is 0 Å². The van der Waals surface area contributed by atoms with Crippen LogP contribution in [0.3, 0.4) is 0 Å². The summed E-state index contributed by atoms with van der Waals surface area (Å²) in [6.45, 7) is 5.23. The Bertz CT molecular complexity index is 781. The predicted molar refractivity (Wildman–Crippen MR) is 108 cm³/mol. The maximum absolute atomic E-state index is 4.53. The second-order valence-corrected chi connectivity index (χ2v) is 6.22. The average Bonchev–Trinajstić information content (AvgIpc) is 2.65. The van der Waals surface area contributed by atoms with Gasteiger partial charge in [0.15, 0.2) is 0 Å². The van der Waals surface area contributed by atoms with E-state index in [1.807, 2.05) is 50.2 Å². The number of nitrogens with zero attached hydrogens (tertiary/aromatic N) is 6. The minimum Gasteiger partial charge on any atom is -0.289 e. The van der Waals surface area contributed by atoms with Crippen LogP contribution >= 0.6 is 0 Å². The van der Waals surface area contributed by atoms with Crippen molar-refractivity contribution in [2.45, 2.75) is 25.9 Å². The van der Waals surface area contributed by atoms with E-state index in [9.17, 15) is 0 Å². The molecule has 0 spiro atoms. The van der Waals surface area contributed by atoms with Crippen molar-refractivity contribution in [2.24, 2.45) is 20.0 Å². The average molecular weight is 346 g/mol. The molecule has 3 rings (SSSR count). The van der Waals surface area contributed by atoms with Crippen LogP contribution in [0.15, 0.2) is 56.4 Å². The number of aromatic nitrogens is 2. The monoisotopic (exact) mass is 346 g/mol. The number of rotatable bonds is 0. The summed E-state index contributed by atoms with van der Waals surface area (Å²) in [6.07, 6.45) is 7.12. The van der Waals surface area contributed by atoms with Gasteiger partial charge in [-0.1, -0.05) is 12.1 Å². The first kappa shape index (κ1) is 17.8. The van der Waals surface area contributed by atoms with Gasteiger partial charge in [-0.05, 0) is 38.1 Å². The largest absolute Gasteiger partial charge is 0.289 e. The van der Waals surface area contributed by atoms with Crippen molar-refractivity contribution in [3.05, 3.63) is 59.2 Å². The molecule has 2 aromatic rings. The van der Waals surface area contributed by atoms with E-state index in [2.05, 4.69) is 29.9 Å². The van der Waals surface area contributed by atoms with E-state index >= 15 is 0 Å². The first-order chi connectivity index (χ1) is 12.7. The second-order valence-electron chi connectivity index (χ2n) is 6.22. The molecule has 2 aromatic heterocycles. The topological polar surface area (TPSA) is 75.2 Å². The molecule has 0 saturated carbocycles. The summed E-state index contributed by atoms with van der Waals surface area (Å²) in [5.41, 5.74) is 3.25. The molecule has 0 N–H and O–H groups in total. The Kier molecular flexibility index (Phi) is 6.09. The van der Waals surface area contributed by atoms with Crippen LogP contribution in [0.25, 0.3) is 0 Å². The highest BCUT2D eigenvalue weighted by Crippen LogP contribution is 2.01. The zero-order valence-electron chi connectivity index (χ0n) is 15.0. The molecule has 2 atom stereocenters. The molecule has 0 amide bonds. The number of aliphatic imine (C=N–C) groups is 4. The molecule has 0 saturated heterocycles. The SMILES string of the molecule is C[C@@H]1CN=Cc2cccc(n2)C=N[C@@H](C)CN=Cc2cccc(n2)C=N1. The van der Waals surface area contributed by atoms with Gasteiger partial charge in [0.2, 0.25) is 0 Å². The van der Waals surface area contributed by atoms with Crippen molar-refractivity contribution in [3.63, 3.8) is 0 Å². The third-order valence-corrected chi connectivity index (χ3v) is 3.69. The van der Waals surface area contributed by atoms with Gasteiger partial charge in [0.05, 0.1) is 47.9 Å². The predicted octanol–water partition coefficient (Wildman–Crippen LogP) is 2.64. The fraction of sp³-hybridized carbons (Fsp3) is 0.300. The lowest BCUT2D eigenvalue weighted by atomic mass is 10.3. The van der Waals surface area contributed by atoms with Crippen LogP contribution in [0.4, 0.5) is 0 Å². The maximum Gasteiger partial charge on any atom is 0.0815 e. The summed E-state index contributed by atoms with van der Waals surface area (Å²) < 4.78 is 0. The van der Waals surface area contributed by atoms with E-state index < -0.39 is 0 Å². The third kappa shape index (κ3) is 5.51. The molecule has 0 aromatic carbocycles. The summed E-state index contributed by atoms with van der Waals surface area (Å²) in [6, 6.07) is 11.7. The second kappa shape index (κ2) is 8.89. The van der Waals surface area contributed by atoms with Crippen LogP contribution in [0.5, 0.6) is 0 Å². The zero-order valence-corrected chi connectivity index (χ0v) is 15.0. The molecule has 0 radical (unpaired) electrons. The molecule has 1 aliphatic rings.